The first-order valence-corrected chi connectivity index (χ1v) is 4.71. The molecule has 14 heavy (non-hydrogen) atoms. The van der Waals surface area contributed by atoms with Crippen LogP contribution in [0.4, 0.5) is 0 Å². The summed E-state index contributed by atoms with van der Waals surface area (Å²) in [5.74, 6) is -0.335. The van der Waals surface area contributed by atoms with Gasteiger partial charge in [0.25, 0.3) is 0 Å². The SMILES string of the molecule is CN(C)CCOCCOCCC(N)=O. The predicted octanol–water partition coefficient (Wildman–Crippen LogP) is -0.543. The second kappa shape index (κ2) is 8.93. The second-order valence-electron chi connectivity index (χ2n) is 3.24. The highest BCUT2D eigenvalue weighted by Gasteiger charge is 1.94. The van der Waals surface area contributed by atoms with Crippen LogP contribution in [-0.4, -0.2) is 57.9 Å². The molecule has 5 nitrogen and oxygen atoms in total. The minimum Gasteiger partial charge on any atom is -0.379 e. The molecule has 0 spiro atoms. The molecule has 0 saturated carbocycles. The van der Waals surface area contributed by atoms with E-state index in [1.54, 1.807) is 0 Å². The Hall–Kier alpha value is -0.650. The van der Waals surface area contributed by atoms with E-state index in [1.807, 2.05) is 19.0 Å². The van der Waals surface area contributed by atoms with Crippen molar-refractivity contribution >= 4 is 5.91 Å². The average Bonchev–Trinajstić information content (AvgIpc) is 2.08. The zero-order valence-corrected chi connectivity index (χ0v) is 8.99. The monoisotopic (exact) mass is 204 g/mol. The fourth-order valence-electron chi connectivity index (χ4n) is 0.742. The summed E-state index contributed by atoms with van der Waals surface area (Å²) < 4.78 is 10.4. The first-order valence-electron chi connectivity index (χ1n) is 4.71. The molecule has 0 aromatic rings. The molecule has 0 rings (SSSR count). The number of nitrogens with two attached hydrogens (primary N) is 1. The van der Waals surface area contributed by atoms with E-state index in [9.17, 15) is 4.79 Å². The van der Waals surface area contributed by atoms with E-state index in [0.29, 0.717) is 26.4 Å². The Balaban J connectivity index is 2.96. The average molecular weight is 204 g/mol. The van der Waals surface area contributed by atoms with Crippen molar-refractivity contribution in [1.29, 1.82) is 0 Å². The Labute approximate surface area is 85.1 Å². The maximum Gasteiger partial charge on any atom is 0.219 e. The Kier molecular flexibility index (Phi) is 8.51. The number of carbonyl (C=O) groups is 1. The van der Waals surface area contributed by atoms with Crippen molar-refractivity contribution in [3.8, 4) is 0 Å². The summed E-state index contributed by atoms with van der Waals surface area (Å²) in [5.41, 5.74) is 4.93. The molecule has 0 aromatic heterocycles. The van der Waals surface area contributed by atoms with Crippen LogP contribution in [0.5, 0.6) is 0 Å². The van der Waals surface area contributed by atoms with Crippen LogP contribution in [0.3, 0.4) is 0 Å². The van der Waals surface area contributed by atoms with Crippen molar-refractivity contribution in [3.63, 3.8) is 0 Å². The molecule has 0 bridgehead atoms. The van der Waals surface area contributed by atoms with Gasteiger partial charge in [-0.15, -0.1) is 0 Å². The third-order valence-corrected chi connectivity index (χ3v) is 1.55. The lowest BCUT2D eigenvalue weighted by Gasteiger charge is -2.09. The summed E-state index contributed by atoms with van der Waals surface area (Å²) in [5, 5.41) is 0. The van der Waals surface area contributed by atoms with E-state index >= 15 is 0 Å². The van der Waals surface area contributed by atoms with E-state index < -0.39 is 0 Å². The van der Waals surface area contributed by atoms with Crippen LogP contribution in [0, 0.1) is 0 Å². The fourth-order valence-corrected chi connectivity index (χ4v) is 0.742. The number of ether oxygens (including phenoxy) is 2. The zero-order valence-electron chi connectivity index (χ0n) is 8.99. The van der Waals surface area contributed by atoms with Crippen molar-refractivity contribution in [2.45, 2.75) is 6.42 Å². The van der Waals surface area contributed by atoms with Gasteiger partial charge in [0.1, 0.15) is 0 Å². The summed E-state index contributed by atoms with van der Waals surface area (Å²) in [7, 11) is 3.99. The van der Waals surface area contributed by atoms with Gasteiger partial charge in [-0.05, 0) is 14.1 Å². The van der Waals surface area contributed by atoms with Gasteiger partial charge in [0.05, 0.1) is 26.4 Å². The van der Waals surface area contributed by atoms with Crippen LogP contribution in [-0.2, 0) is 14.3 Å². The summed E-state index contributed by atoms with van der Waals surface area (Å²) in [4.78, 5) is 12.4. The number of hydrogen-bond donors (Lipinski definition) is 1. The van der Waals surface area contributed by atoms with E-state index in [-0.39, 0.29) is 12.3 Å². The Bertz CT molecular complexity index is 151. The van der Waals surface area contributed by atoms with Gasteiger partial charge in [0, 0.05) is 13.0 Å². The molecule has 0 aromatic carbocycles. The van der Waals surface area contributed by atoms with Crippen LogP contribution < -0.4 is 5.73 Å². The summed E-state index contributed by atoms with van der Waals surface area (Å²) >= 11 is 0. The topological polar surface area (TPSA) is 64.8 Å². The lowest BCUT2D eigenvalue weighted by molar-refractivity contribution is -0.119. The lowest BCUT2D eigenvalue weighted by atomic mass is 10.4. The van der Waals surface area contributed by atoms with Gasteiger partial charge < -0.3 is 20.1 Å². The largest absolute Gasteiger partial charge is 0.379 e. The van der Waals surface area contributed by atoms with Crippen LogP contribution >= 0.6 is 0 Å². The van der Waals surface area contributed by atoms with Gasteiger partial charge in [0.15, 0.2) is 0 Å². The number of amides is 1. The smallest absolute Gasteiger partial charge is 0.219 e. The number of primary amides is 1. The zero-order chi connectivity index (χ0) is 10.8. The quantitative estimate of drug-likeness (QED) is 0.512. The lowest BCUT2D eigenvalue weighted by Crippen LogP contribution is -2.19. The molecule has 0 radical (unpaired) electrons. The number of rotatable bonds is 9. The van der Waals surface area contributed by atoms with E-state index in [0.717, 1.165) is 6.54 Å². The molecule has 0 heterocycles. The molecular formula is C9H20N2O3. The minimum atomic E-state index is -0.335. The molecule has 0 fully saturated rings. The van der Waals surface area contributed by atoms with Crippen LogP contribution in [0.25, 0.3) is 0 Å². The molecule has 0 saturated heterocycles. The van der Waals surface area contributed by atoms with E-state index in [1.165, 1.54) is 0 Å². The number of nitrogens with zero attached hydrogens (tertiary/aromatic N) is 1. The molecule has 5 heteroatoms. The molecule has 2 N–H and O–H groups in total. The van der Waals surface area contributed by atoms with Crippen LogP contribution in [0.15, 0.2) is 0 Å². The third-order valence-electron chi connectivity index (χ3n) is 1.55. The van der Waals surface area contributed by atoms with Gasteiger partial charge in [0.2, 0.25) is 5.91 Å². The Morgan fingerprint density at radius 3 is 2.21 bits per heavy atom. The molecule has 0 unspecified atom stereocenters. The van der Waals surface area contributed by atoms with E-state index in [2.05, 4.69) is 0 Å². The van der Waals surface area contributed by atoms with Crippen LogP contribution in [0.2, 0.25) is 0 Å². The molecule has 0 atom stereocenters. The number of likely N-dealkylation sites (N-methyl/N-ethyl adjacent to an activating group) is 1. The number of carbonyl (C=O) groups excluding carboxylic acids is 1. The maximum absolute atomic E-state index is 10.3. The Morgan fingerprint density at radius 2 is 1.71 bits per heavy atom. The maximum atomic E-state index is 10.3. The molecular weight excluding hydrogens is 184 g/mol. The first kappa shape index (κ1) is 13.4. The highest BCUT2D eigenvalue weighted by Crippen LogP contribution is 1.83. The van der Waals surface area contributed by atoms with Crippen LogP contribution in [0.1, 0.15) is 6.42 Å². The third kappa shape index (κ3) is 11.4. The Morgan fingerprint density at radius 1 is 1.14 bits per heavy atom. The molecule has 0 aliphatic rings. The predicted molar refractivity (Wildman–Crippen MR) is 54.0 cm³/mol. The van der Waals surface area contributed by atoms with Gasteiger partial charge in [-0.3, -0.25) is 4.79 Å². The van der Waals surface area contributed by atoms with Gasteiger partial charge in [-0.25, -0.2) is 0 Å². The summed E-state index contributed by atoms with van der Waals surface area (Å²) in [6, 6.07) is 0. The van der Waals surface area contributed by atoms with Gasteiger partial charge in [-0.2, -0.15) is 0 Å². The molecule has 0 aliphatic heterocycles. The van der Waals surface area contributed by atoms with E-state index in [4.69, 9.17) is 15.2 Å². The van der Waals surface area contributed by atoms with Crippen molar-refractivity contribution < 1.29 is 14.3 Å². The standard InChI is InChI=1S/C9H20N2O3/c1-11(2)4-6-14-8-7-13-5-3-9(10)12/h3-8H2,1-2H3,(H2,10,12). The van der Waals surface area contributed by atoms with Crippen molar-refractivity contribution in [2.24, 2.45) is 5.73 Å². The normalized spacial score (nSPS) is 10.8. The van der Waals surface area contributed by atoms with Crippen molar-refractivity contribution in [1.82, 2.24) is 4.90 Å². The highest BCUT2D eigenvalue weighted by atomic mass is 16.5. The molecule has 84 valence electrons. The fraction of sp³-hybridized carbons (Fsp3) is 0.889. The van der Waals surface area contributed by atoms with Gasteiger partial charge in [-0.1, -0.05) is 0 Å². The first-order chi connectivity index (χ1) is 6.63. The molecule has 0 aliphatic carbocycles. The van der Waals surface area contributed by atoms with Crippen molar-refractivity contribution in [3.05, 3.63) is 0 Å². The van der Waals surface area contributed by atoms with Crippen molar-refractivity contribution in [2.75, 3.05) is 47.1 Å². The second-order valence-corrected chi connectivity index (χ2v) is 3.24. The van der Waals surface area contributed by atoms with Gasteiger partial charge >= 0.3 is 0 Å². The minimum absolute atomic E-state index is 0.275. The highest BCUT2D eigenvalue weighted by molar-refractivity contribution is 5.73. The summed E-state index contributed by atoms with van der Waals surface area (Å²) in [6.45, 7) is 3.06. The number of hydrogen-bond acceptors (Lipinski definition) is 4. The summed E-state index contributed by atoms with van der Waals surface area (Å²) in [6.07, 6.45) is 0.275. The molecule has 1 amide bonds.